The first kappa shape index (κ1) is 14.2. The zero-order chi connectivity index (χ0) is 13.2. The van der Waals surface area contributed by atoms with Crippen molar-refractivity contribution in [1.29, 1.82) is 0 Å². The first-order valence-corrected chi connectivity index (χ1v) is 5.51. The van der Waals surface area contributed by atoms with E-state index in [-0.39, 0.29) is 15.0 Å². The van der Waals surface area contributed by atoms with E-state index in [2.05, 4.69) is 9.72 Å². The summed E-state index contributed by atoms with van der Waals surface area (Å²) in [5.74, 6) is -1.86. The molecule has 0 saturated carbocycles. The van der Waals surface area contributed by atoms with Gasteiger partial charge in [0.1, 0.15) is 0 Å². The fraction of sp³-hybridized carbons (Fsp3) is 0.286. The third kappa shape index (κ3) is 3.84. The first-order valence-electron chi connectivity index (χ1n) is 3.90. The van der Waals surface area contributed by atoms with Crippen LogP contribution < -0.4 is 4.74 Å². The van der Waals surface area contributed by atoms with Gasteiger partial charge in [0, 0.05) is 14.6 Å². The number of nitrogens with zero attached hydrogens (tertiary/aromatic N) is 2. The van der Waals surface area contributed by atoms with Crippen LogP contribution in [0, 0.1) is 13.7 Å². The van der Waals surface area contributed by atoms with E-state index in [1.807, 2.05) is 0 Å². The van der Waals surface area contributed by atoms with Crippen molar-refractivity contribution < 1.29 is 22.8 Å². The minimum atomic E-state index is -4.95. The van der Waals surface area contributed by atoms with Crippen LogP contribution >= 0.6 is 34.2 Å². The van der Waals surface area contributed by atoms with Gasteiger partial charge < -0.3 is 14.9 Å². The van der Waals surface area contributed by atoms with Gasteiger partial charge >= 0.3 is 18.1 Å². The molecule has 17 heavy (non-hydrogen) atoms. The van der Waals surface area contributed by atoms with Crippen molar-refractivity contribution >= 4 is 40.0 Å². The molecule has 1 heterocycles. The molecule has 0 fully saturated rings. The van der Waals surface area contributed by atoms with Gasteiger partial charge in [0.25, 0.3) is 0 Å². The molecule has 0 radical (unpaired) electrons. The highest BCUT2D eigenvalue weighted by Gasteiger charge is 2.35. The van der Waals surface area contributed by atoms with Crippen molar-refractivity contribution in [2.45, 2.75) is 12.2 Å². The van der Waals surface area contributed by atoms with Gasteiger partial charge in [-0.3, -0.25) is 0 Å². The first-order chi connectivity index (χ1) is 7.74. The monoisotopic (exact) mass is 382 g/mol. The second kappa shape index (κ2) is 5.21. The number of ether oxygens (including phenoxy) is 1. The molecule has 0 aliphatic rings. The van der Waals surface area contributed by atoms with Crippen molar-refractivity contribution in [3.8, 4) is 5.88 Å². The molecule has 1 aromatic heterocycles. The maximum Gasteiger partial charge on any atom is 0.575 e. The molecule has 0 atom stereocenters. The molecule has 0 aromatic carbocycles. The molecule has 0 saturated heterocycles. The Balaban J connectivity index is 3.25. The highest BCUT2D eigenvalue weighted by molar-refractivity contribution is 14.1. The number of hydrogen-bond acceptors (Lipinski definition) is 4. The molecular formula is C7H3ClF3IN2O3. The molecule has 5 nitrogen and oxygen atoms in total. The SMILES string of the molecule is O=[N+]([O-])c1nc(OC(F)(F)F)cc(I)c1CCl. The topological polar surface area (TPSA) is 65.3 Å². The van der Waals surface area contributed by atoms with Crippen LogP contribution in [-0.2, 0) is 5.88 Å². The lowest BCUT2D eigenvalue weighted by Crippen LogP contribution is -2.18. The van der Waals surface area contributed by atoms with E-state index in [9.17, 15) is 23.3 Å². The van der Waals surface area contributed by atoms with Crippen LogP contribution in [0.1, 0.15) is 5.56 Å². The van der Waals surface area contributed by atoms with Crippen molar-refractivity contribution in [3.05, 3.63) is 25.3 Å². The lowest BCUT2D eigenvalue weighted by Gasteiger charge is -2.07. The Labute approximate surface area is 111 Å². The molecule has 94 valence electrons. The van der Waals surface area contributed by atoms with Crippen molar-refractivity contribution in [2.75, 3.05) is 0 Å². The lowest BCUT2D eigenvalue weighted by molar-refractivity contribution is -0.390. The maximum absolute atomic E-state index is 11.9. The molecule has 0 bridgehead atoms. The zero-order valence-corrected chi connectivity index (χ0v) is 10.7. The molecule has 0 unspecified atom stereocenters. The summed E-state index contributed by atoms with van der Waals surface area (Å²) in [5, 5.41) is 10.6. The summed E-state index contributed by atoms with van der Waals surface area (Å²) in [6.45, 7) is 0. The third-order valence-corrected chi connectivity index (χ3v) is 2.78. The average Bonchev–Trinajstić information content (AvgIpc) is 2.13. The summed E-state index contributed by atoms with van der Waals surface area (Å²) in [5.41, 5.74) is 0.0480. The normalized spacial score (nSPS) is 11.4. The third-order valence-electron chi connectivity index (χ3n) is 1.55. The van der Waals surface area contributed by atoms with Gasteiger partial charge in [-0.05, 0) is 27.5 Å². The van der Waals surface area contributed by atoms with Crippen molar-refractivity contribution in [2.24, 2.45) is 0 Å². The maximum atomic E-state index is 11.9. The average molecular weight is 382 g/mol. The van der Waals surface area contributed by atoms with Crippen LogP contribution in [0.2, 0.25) is 0 Å². The van der Waals surface area contributed by atoms with E-state index in [1.165, 1.54) is 0 Å². The van der Waals surface area contributed by atoms with E-state index in [4.69, 9.17) is 11.6 Å². The number of rotatable bonds is 3. The standard InChI is InChI=1S/C7H3ClF3IN2O3/c8-2-3-4(12)1-5(17-7(9,10)11)13-6(3)14(15)16/h1H,2H2. The second-order valence-corrected chi connectivity index (χ2v) is 4.11. The van der Waals surface area contributed by atoms with E-state index in [1.54, 1.807) is 22.6 Å². The zero-order valence-electron chi connectivity index (χ0n) is 7.79. The summed E-state index contributed by atoms with van der Waals surface area (Å²) in [4.78, 5) is 12.8. The number of pyridine rings is 1. The number of nitro groups is 1. The van der Waals surface area contributed by atoms with Gasteiger partial charge in [0.15, 0.2) is 0 Å². The Morgan fingerprint density at radius 1 is 1.59 bits per heavy atom. The van der Waals surface area contributed by atoms with E-state index < -0.39 is 23.0 Å². The number of hydrogen-bond donors (Lipinski definition) is 0. The predicted octanol–water partition coefficient (Wildman–Crippen LogP) is 3.23. The summed E-state index contributed by atoms with van der Waals surface area (Å²) in [6, 6.07) is 0.929. The summed E-state index contributed by atoms with van der Waals surface area (Å²) >= 11 is 7.07. The van der Waals surface area contributed by atoms with Crippen LogP contribution in [0.15, 0.2) is 6.07 Å². The Morgan fingerprint density at radius 3 is 2.59 bits per heavy atom. The van der Waals surface area contributed by atoms with Crippen LogP contribution in [0.3, 0.4) is 0 Å². The number of alkyl halides is 4. The van der Waals surface area contributed by atoms with Gasteiger partial charge in [-0.25, -0.2) is 0 Å². The van der Waals surface area contributed by atoms with Crippen LogP contribution in [0.25, 0.3) is 0 Å². The van der Waals surface area contributed by atoms with E-state index in [0.717, 1.165) is 6.07 Å². The van der Waals surface area contributed by atoms with Gasteiger partial charge in [-0.1, -0.05) is 0 Å². The van der Waals surface area contributed by atoms with Crippen LogP contribution in [-0.4, -0.2) is 16.3 Å². The molecule has 1 aromatic rings. The summed E-state index contributed by atoms with van der Waals surface area (Å²) in [7, 11) is 0. The lowest BCUT2D eigenvalue weighted by atomic mass is 10.3. The Hall–Kier alpha value is -0.840. The highest BCUT2D eigenvalue weighted by Crippen LogP contribution is 2.30. The number of halogens is 5. The molecule has 0 N–H and O–H groups in total. The molecule has 0 amide bonds. The van der Waals surface area contributed by atoms with E-state index in [0.29, 0.717) is 0 Å². The molecular weight excluding hydrogens is 379 g/mol. The highest BCUT2D eigenvalue weighted by atomic mass is 127. The van der Waals surface area contributed by atoms with Crippen LogP contribution in [0.5, 0.6) is 5.88 Å². The number of aromatic nitrogens is 1. The minimum Gasteiger partial charge on any atom is -0.366 e. The Morgan fingerprint density at radius 2 is 2.18 bits per heavy atom. The molecule has 0 spiro atoms. The largest absolute Gasteiger partial charge is 0.575 e. The Kier molecular flexibility index (Phi) is 4.36. The van der Waals surface area contributed by atoms with Crippen molar-refractivity contribution in [1.82, 2.24) is 4.98 Å². The minimum absolute atomic E-state index is 0.0480. The molecule has 1 rings (SSSR count). The fourth-order valence-corrected chi connectivity index (χ4v) is 2.14. The Bertz CT molecular complexity index is 455. The van der Waals surface area contributed by atoms with Gasteiger partial charge in [0.2, 0.25) is 0 Å². The summed E-state index contributed by atoms with van der Waals surface area (Å²) in [6.07, 6.45) is -4.95. The summed E-state index contributed by atoms with van der Waals surface area (Å²) < 4.78 is 39.5. The smallest absolute Gasteiger partial charge is 0.366 e. The van der Waals surface area contributed by atoms with Gasteiger partial charge in [-0.15, -0.1) is 24.8 Å². The molecule has 0 aliphatic heterocycles. The molecule has 10 heteroatoms. The second-order valence-electron chi connectivity index (χ2n) is 2.68. The molecule has 0 aliphatic carbocycles. The van der Waals surface area contributed by atoms with Crippen molar-refractivity contribution in [3.63, 3.8) is 0 Å². The van der Waals surface area contributed by atoms with Gasteiger partial charge in [-0.2, -0.15) is 0 Å². The van der Waals surface area contributed by atoms with Gasteiger partial charge in [0.05, 0.1) is 11.4 Å². The van der Waals surface area contributed by atoms with E-state index >= 15 is 0 Å². The predicted molar refractivity (Wildman–Crippen MR) is 59.8 cm³/mol. The van der Waals surface area contributed by atoms with Crippen LogP contribution in [0.4, 0.5) is 19.0 Å². The fourth-order valence-electron chi connectivity index (χ4n) is 0.952. The quantitative estimate of drug-likeness (QED) is 0.348.